The van der Waals surface area contributed by atoms with E-state index in [9.17, 15) is 8.42 Å². The van der Waals surface area contributed by atoms with E-state index in [1.165, 1.54) is 4.31 Å². The molecule has 0 spiro atoms. The first-order valence-corrected chi connectivity index (χ1v) is 8.02. The highest BCUT2D eigenvalue weighted by Gasteiger charge is 2.25. The van der Waals surface area contributed by atoms with Crippen molar-refractivity contribution >= 4 is 27.2 Å². The quantitative estimate of drug-likeness (QED) is 0.759. The monoisotopic (exact) mass is 301 g/mol. The van der Waals surface area contributed by atoms with Crippen LogP contribution < -0.4 is 5.73 Å². The van der Waals surface area contributed by atoms with Crippen LogP contribution in [0.2, 0.25) is 0 Å². The van der Waals surface area contributed by atoms with E-state index in [2.05, 4.69) is 4.98 Å². The first kappa shape index (κ1) is 16.0. The molecule has 0 aliphatic carbocycles. The van der Waals surface area contributed by atoms with Crippen molar-refractivity contribution in [3.63, 3.8) is 0 Å². The standard InChI is InChI=1S/C12H19N3O2S2/c1-10(2)15(9-12(13)18)19(16,17)8-6-11-5-3-4-7-14-11/h3-5,7,10H,6,8-9H2,1-2H3,(H2,13,18). The Balaban J connectivity index is 2.75. The number of hydrogen-bond donors (Lipinski definition) is 1. The molecular formula is C12H19N3O2S2. The SMILES string of the molecule is CC(C)N(CC(N)=S)S(=O)(=O)CCc1ccccn1. The van der Waals surface area contributed by atoms with Crippen LogP contribution in [0.1, 0.15) is 19.5 Å². The number of aromatic nitrogens is 1. The van der Waals surface area contributed by atoms with Crippen molar-refractivity contribution in [3.05, 3.63) is 30.1 Å². The Labute approximate surface area is 119 Å². The summed E-state index contributed by atoms with van der Waals surface area (Å²) in [5.74, 6) is 0.00477. The molecule has 0 bridgehead atoms. The number of rotatable bonds is 7. The molecule has 1 aromatic rings. The summed E-state index contributed by atoms with van der Waals surface area (Å²) in [6.45, 7) is 3.69. The third-order valence-corrected chi connectivity index (χ3v) is 4.70. The van der Waals surface area contributed by atoms with Crippen molar-refractivity contribution in [1.29, 1.82) is 0 Å². The maximum atomic E-state index is 12.3. The molecule has 0 aliphatic heterocycles. The van der Waals surface area contributed by atoms with E-state index in [0.29, 0.717) is 6.42 Å². The fraction of sp³-hybridized carbons (Fsp3) is 0.500. The predicted octanol–water partition coefficient (Wildman–Crippen LogP) is 0.950. The lowest BCUT2D eigenvalue weighted by Crippen LogP contribution is -2.43. The molecule has 0 aliphatic rings. The summed E-state index contributed by atoms with van der Waals surface area (Å²) in [5, 5.41) is 0. The summed E-state index contributed by atoms with van der Waals surface area (Å²) in [6.07, 6.45) is 2.03. The molecule has 2 N–H and O–H groups in total. The Morgan fingerprint density at radius 3 is 2.63 bits per heavy atom. The van der Waals surface area contributed by atoms with Gasteiger partial charge >= 0.3 is 0 Å². The van der Waals surface area contributed by atoms with E-state index in [4.69, 9.17) is 18.0 Å². The van der Waals surface area contributed by atoms with Gasteiger partial charge in [-0.3, -0.25) is 4.98 Å². The number of nitrogens with zero attached hydrogens (tertiary/aromatic N) is 2. The third kappa shape index (κ3) is 5.22. The number of sulfonamides is 1. The number of nitrogens with two attached hydrogens (primary N) is 1. The zero-order valence-electron chi connectivity index (χ0n) is 11.1. The van der Waals surface area contributed by atoms with Crippen LogP contribution in [0.5, 0.6) is 0 Å². The maximum Gasteiger partial charge on any atom is 0.215 e. The summed E-state index contributed by atoms with van der Waals surface area (Å²) in [4.78, 5) is 4.29. The number of hydrogen-bond acceptors (Lipinski definition) is 4. The van der Waals surface area contributed by atoms with Crippen LogP contribution in [-0.4, -0.2) is 41.0 Å². The largest absolute Gasteiger partial charge is 0.392 e. The lowest BCUT2D eigenvalue weighted by Gasteiger charge is -2.25. The van der Waals surface area contributed by atoms with E-state index in [1.54, 1.807) is 26.1 Å². The van der Waals surface area contributed by atoms with Gasteiger partial charge in [-0.25, -0.2) is 8.42 Å². The summed E-state index contributed by atoms with van der Waals surface area (Å²) < 4.78 is 25.9. The van der Waals surface area contributed by atoms with E-state index in [0.717, 1.165) is 5.69 Å². The second-order valence-electron chi connectivity index (χ2n) is 4.49. The third-order valence-electron chi connectivity index (χ3n) is 2.59. The van der Waals surface area contributed by atoms with Crippen molar-refractivity contribution in [2.45, 2.75) is 26.3 Å². The van der Waals surface area contributed by atoms with Gasteiger partial charge in [-0.05, 0) is 26.0 Å². The summed E-state index contributed by atoms with van der Waals surface area (Å²) in [7, 11) is -3.39. The minimum absolute atomic E-state index is 0.00477. The molecule has 5 nitrogen and oxygen atoms in total. The fourth-order valence-corrected chi connectivity index (χ4v) is 3.55. The van der Waals surface area contributed by atoms with Gasteiger partial charge in [-0.15, -0.1) is 0 Å². The molecule has 106 valence electrons. The highest BCUT2D eigenvalue weighted by atomic mass is 32.2. The van der Waals surface area contributed by atoms with Gasteiger partial charge in [0.25, 0.3) is 0 Å². The average molecular weight is 301 g/mol. The second kappa shape index (κ2) is 6.93. The lowest BCUT2D eigenvalue weighted by molar-refractivity contribution is 0.391. The molecular weight excluding hydrogens is 282 g/mol. The molecule has 1 aromatic heterocycles. The van der Waals surface area contributed by atoms with Crippen LogP contribution in [0.25, 0.3) is 0 Å². The Hall–Kier alpha value is -1.05. The van der Waals surface area contributed by atoms with Gasteiger partial charge in [-0.2, -0.15) is 4.31 Å². The summed E-state index contributed by atoms with van der Waals surface area (Å²) in [6, 6.07) is 5.27. The van der Waals surface area contributed by atoms with Gasteiger partial charge in [-0.1, -0.05) is 18.3 Å². The van der Waals surface area contributed by atoms with Crippen LogP contribution in [0.4, 0.5) is 0 Å². The molecule has 0 fully saturated rings. The van der Waals surface area contributed by atoms with Gasteiger partial charge in [0, 0.05) is 24.4 Å². The number of aryl methyl sites for hydroxylation is 1. The van der Waals surface area contributed by atoms with E-state index in [-0.39, 0.29) is 23.3 Å². The smallest absolute Gasteiger partial charge is 0.215 e. The Morgan fingerprint density at radius 1 is 1.47 bits per heavy atom. The van der Waals surface area contributed by atoms with Gasteiger partial charge in [0.1, 0.15) is 0 Å². The van der Waals surface area contributed by atoms with Crippen molar-refractivity contribution in [2.75, 3.05) is 12.3 Å². The molecule has 19 heavy (non-hydrogen) atoms. The Kier molecular flexibility index (Phi) is 5.84. The zero-order valence-corrected chi connectivity index (χ0v) is 12.7. The van der Waals surface area contributed by atoms with Crippen LogP contribution >= 0.6 is 12.2 Å². The van der Waals surface area contributed by atoms with Gasteiger partial charge in [0.2, 0.25) is 10.0 Å². The van der Waals surface area contributed by atoms with Crippen molar-refractivity contribution < 1.29 is 8.42 Å². The summed E-state index contributed by atoms with van der Waals surface area (Å²) >= 11 is 4.80. The molecule has 0 radical (unpaired) electrons. The first-order valence-electron chi connectivity index (χ1n) is 6.00. The molecule has 0 aromatic carbocycles. The molecule has 0 atom stereocenters. The van der Waals surface area contributed by atoms with Crippen molar-refractivity contribution in [2.24, 2.45) is 5.73 Å². The van der Waals surface area contributed by atoms with Crippen molar-refractivity contribution in [3.8, 4) is 0 Å². The van der Waals surface area contributed by atoms with Gasteiger partial charge < -0.3 is 5.73 Å². The molecule has 0 saturated carbocycles. The highest BCUT2D eigenvalue weighted by Crippen LogP contribution is 2.09. The lowest BCUT2D eigenvalue weighted by atomic mass is 10.3. The van der Waals surface area contributed by atoms with Gasteiger partial charge in [0.05, 0.1) is 17.3 Å². The highest BCUT2D eigenvalue weighted by molar-refractivity contribution is 7.89. The minimum atomic E-state index is -3.39. The molecule has 1 rings (SSSR count). The second-order valence-corrected chi connectivity index (χ2v) is 7.06. The first-order chi connectivity index (χ1) is 8.83. The molecule has 0 amide bonds. The zero-order chi connectivity index (χ0) is 14.5. The molecule has 0 saturated heterocycles. The van der Waals surface area contributed by atoms with Crippen LogP contribution in [0.15, 0.2) is 24.4 Å². The number of pyridine rings is 1. The fourth-order valence-electron chi connectivity index (χ4n) is 1.65. The van der Waals surface area contributed by atoms with Crippen LogP contribution in [-0.2, 0) is 16.4 Å². The minimum Gasteiger partial charge on any atom is -0.392 e. The Morgan fingerprint density at radius 2 is 2.16 bits per heavy atom. The van der Waals surface area contributed by atoms with E-state index in [1.807, 2.05) is 12.1 Å². The predicted molar refractivity (Wildman–Crippen MR) is 80.4 cm³/mol. The topological polar surface area (TPSA) is 76.3 Å². The summed E-state index contributed by atoms with van der Waals surface area (Å²) in [5.41, 5.74) is 6.20. The van der Waals surface area contributed by atoms with Crippen molar-refractivity contribution in [1.82, 2.24) is 9.29 Å². The van der Waals surface area contributed by atoms with Crippen LogP contribution in [0.3, 0.4) is 0 Å². The van der Waals surface area contributed by atoms with E-state index >= 15 is 0 Å². The maximum absolute atomic E-state index is 12.3. The number of thiocarbonyl (C=S) groups is 1. The van der Waals surface area contributed by atoms with E-state index < -0.39 is 10.0 Å². The average Bonchev–Trinajstić information content (AvgIpc) is 2.34. The molecule has 7 heteroatoms. The Bertz CT molecular complexity index is 515. The van der Waals surface area contributed by atoms with Gasteiger partial charge in [0.15, 0.2) is 0 Å². The van der Waals surface area contributed by atoms with Crippen LogP contribution in [0, 0.1) is 0 Å². The molecule has 1 heterocycles. The molecule has 0 unspecified atom stereocenters. The normalized spacial score (nSPS) is 12.0.